The first-order valence-corrected chi connectivity index (χ1v) is 4.41. The van der Waals surface area contributed by atoms with Crippen molar-refractivity contribution in [3.05, 3.63) is 0 Å². The van der Waals surface area contributed by atoms with Crippen molar-refractivity contribution in [3.8, 4) is 0 Å². The van der Waals surface area contributed by atoms with Crippen LogP contribution in [-0.4, -0.2) is 37.3 Å². The molecule has 4 heteroatoms. The third kappa shape index (κ3) is 3.19. The number of hydrogen-bond acceptors (Lipinski definition) is 3. The average molecular weight is 172 g/mol. The molecule has 1 atom stereocenters. The van der Waals surface area contributed by atoms with E-state index in [9.17, 15) is 4.79 Å². The molecule has 1 aliphatic heterocycles. The largest absolute Gasteiger partial charge is 0.387 e. The molecule has 0 aromatic heterocycles. The predicted molar refractivity (Wildman–Crippen MR) is 45.7 cm³/mol. The number of hydrogen-bond donors (Lipinski definition) is 3. The zero-order valence-corrected chi connectivity index (χ0v) is 7.18. The molecule has 12 heavy (non-hydrogen) atoms. The number of piperidine rings is 1. The van der Waals surface area contributed by atoms with E-state index in [0.717, 1.165) is 13.1 Å². The SMILES string of the molecule is O=C(CO)NCC1CCCNC1. The van der Waals surface area contributed by atoms with E-state index < -0.39 is 6.61 Å². The van der Waals surface area contributed by atoms with Gasteiger partial charge in [-0.05, 0) is 31.8 Å². The first kappa shape index (κ1) is 9.48. The van der Waals surface area contributed by atoms with Gasteiger partial charge in [0, 0.05) is 6.54 Å². The van der Waals surface area contributed by atoms with Gasteiger partial charge in [0.05, 0.1) is 0 Å². The number of carbonyl (C=O) groups excluding carboxylic acids is 1. The standard InChI is InChI=1S/C8H16N2O2/c11-6-8(12)10-5-7-2-1-3-9-4-7/h7,9,11H,1-6H2,(H,10,12). The summed E-state index contributed by atoms with van der Waals surface area (Å²) in [5, 5.41) is 14.4. The molecular formula is C8H16N2O2. The molecule has 1 saturated heterocycles. The molecule has 0 spiro atoms. The second kappa shape index (κ2) is 5.11. The number of aliphatic hydroxyl groups excluding tert-OH is 1. The van der Waals surface area contributed by atoms with E-state index in [-0.39, 0.29) is 5.91 Å². The van der Waals surface area contributed by atoms with Crippen molar-refractivity contribution in [2.45, 2.75) is 12.8 Å². The van der Waals surface area contributed by atoms with Crippen LogP contribution in [0.3, 0.4) is 0 Å². The van der Waals surface area contributed by atoms with Gasteiger partial charge in [0.25, 0.3) is 0 Å². The summed E-state index contributed by atoms with van der Waals surface area (Å²) in [6, 6.07) is 0. The third-order valence-electron chi connectivity index (χ3n) is 2.13. The van der Waals surface area contributed by atoms with Crippen LogP contribution in [0, 0.1) is 5.92 Å². The van der Waals surface area contributed by atoms with Gasteiger partial charge in [-0.15, -0.1) is 0 Å². The molecule has 0 saturated carbocycles. The first-order valence-electron chi connectivity index (χ1n) is 4.41. The fourth-order valence-electron chi connectivity index (χ4n) is 1.41. The van der Waals surface area contributed by atoms with Crippen LogP contribution in [0.15, 0.2) is 0 Å². The Morgan fingerprint density at radius 2 is 2.50 bits per heavy atom. The van der Waals surface area contributed by atoms with Gasteiger partial charge in [-0.1, -0.05) is 0 Å². The van der Waals surface area contributed by atoms with Crippen molar-refractivity contribution in [2.24, 2.45) is 5.92 Å². The van der Waals surface area contributed by atoms with Gasteiger partial charge >= 0.3 is 0 Å². The van der Waals surface area contributed by atoms with Crippen LogP contribution in [0.1, 0.15) is 12.8 Å². The number of nitrogens with one attached hydrogen (secondary N) is 2. The van der Waals surface area contributed by atoms with Gasteiger partial charge in [-0.25, -0.2) is 0 Å². The third-order valence-corrected chi connectivity index (χ3v) is 2.13. The van der Waals surface area contributed by atoms with E-state index >= 15 is 0 Å². The van der Waals surface area contributed by atoms with Crippen LogP contribution >= 0.6 is 0 Å². The number of carbonyl (C=O) groups is 1. The smallest absolute Gasteiger partial charge is 0.245 e. The monoisotopic (exact) mass is 172 g/mol. The summed E-state index contributed by atoms with van der Waals surface area (Å²) in [5.74, 6) is 0.259. The van der Waals surface area contributed by atoms with Crippen LogP contribution < -0.4 is 10.6 Å². The molecule has 1 fully saturated rings. The molecule has 1 amide bonds. The Morgan fingerprint density at radius 3 is 3.08 bits per heavy atom. The quantitative estimate of drug-likeness (QED) is 0.517. The second-order valence-corrected chi connectivity index (χ2v) is 3.17. The lowest BCUT2D eigenvalue weighted by atomic mass is 10.00. The summed E-state index contributed by atoms with van der Waals surface area (Å²) in [6.45, 7) is 2.35. The summed E-state index contributed by atoms with van der Waals surface area (Å²) in [6.07, 6.45) is 2.35. The van der Waals surface area contributed by atoms with E-state index in [0.29, 0.717) is 12.5 Å². The predicted octanol–water partition coefficient (Wildman–Crippen LogP) is -0.905. The number of rotatable bonds is 3. The number of aliphatic hydroxyl groups is 1. The molecule has 0 aliphatic carbocycles. The lowest BCUT2D eigenvalue weighted by Gasteiger charge is -2.22. The Bertz CT molecular complexity index is 144. The fraction of sp³-hybridized carbons (Fsp3) is 0.875. The van der Waals surface area contributed by atoms with E-state index in [1.165, 1.54) is 12.8 Å². The molecule has 0 aromatic carbocycles. The van der Waals surface area contributed by atoms with Crippen LogP contribution in [0.4, 0.5) is 0 Å². The topological polar surface area (TPSA) is 61.4 Å². The minimum Gasteiger partial charge on any atom is -0.387 e. The Labute approximate surface area is 72.3 Å². The average Bonchev–Trinajstić information content (AvgIpc) is 2.16. The van der Waals surface area contributed by atoms with Crippen molar-refractivity contribution in [1.29, 1.82) is 0 Å². The maximum Gasteiger partial charge on any atom is 0.245 e. The highest BCUT2D eigenvalue weighted by Gasteiger charge is 2.12. The van der Waals surface area contributed by atoms with E-state index in [2.05, 4.69) is 10.6 Å². The summed E-state index contributed by atoms with van der Waals surface area (Å²) >= 11 is 0. The molecule has 4 nitrogen and oxygen atoms in total. The van der Waals surface area contributed by atoms with E-state index in [1.54, 1.807) is 0 Å². The first-order chi connectivity index (χ1) is 5.83. The molecule has 0 bridgehead atoms. The minimum atomic E-state index is -0.403. The normalized spacial score (nSPS) is 23.6. The van der Waals surface area contributed by atoms with Gasteiger partial charge in [-0.2, -0.15) is 0 Å². The molecule has 70 valence electrons. The molecule has 0 aromatic rings. The van der Waals surface area contributed by atoms with Gasteiger partial charge in [0.15, 0.2) is 0 Å². The molecule has 1 unspecified atom stereocenters. The van der Waals surface area contributed by atoms with Gasteiger partial charge < -0.3 is 15.7 Å². The Morgan fingerprint density at radius 1 is 1.67 bits per heavy atom. The van der Waals surface area contributed by atoms with E-state index in [1.807, 2.05) is 0 Å². The highest BCUT2D eigenvalue weighted by Crippen LogP contribution is 2.07. The fourth-order valence-corrected chi connectivity index (χ4v) is 1.41. The molecule has 1 heterocycles. The van der Waals surface area contributed by atoms with Gasteiger partial charge in [-0.3, -0.25) is 4.79 Å². The van der Waals surface area contributed by atoms with Gasteiger partial charge in [0.1, 0.15) is 6.61 Å². The van der Waals surface area contributed by atoms with Crippen molar-refractivity contribution in [3.63, 3.8) is 0 Å². The summed E-state index contributed by atoms with van der Waals surface area (Å²) < 4.78 is 0. The molecule has 0 radical (unpaired) electrons. The van der Waals surface area contributed by atoms with Crippen LogP contribution in [0.2, 0.25) is 0 Å². The van der Waals surface area contributed by atoms with Crippen molar-refractivity contribution < 1.29 is 9.90 Å². The molecule has 1 aliphatic rings. The summed E-state index contributed by atoms with van der Waals surface area (Å²) in [5.41, 5.74) is 0. The highest BCUT2D eigenvalue weighted by molar-refractivity contribution is 5.76. The molecule has 1 rings (SSSR count). The molecule has 3 N–H and O–H groups in total. The zero-order valence-electron chi connectivity index (χ0n) is 7.18. The van der Waals surface area contributed by atoms with Crippen LogP contribution in [-0.2, 0) is 4.79 Å². The lowest BCUT2D eigenvalue weighted by Crippen LogP contribution is -2.38. The van der Waals surface area contributed by atoms with Crippen LogP contribution in [0.25, 0.3) is 0 Å². The van der Waals surface area contributed by atoms with Crippen molar-refractivity contribution >= 4 is 5.91 Å². The van der Waals surface area contributed by atoms with Crippen molar-refractivity contribution in [2.75, 3.05) is 26.2 Å². The lowest BCUT2D eigenvalue weighted by molar-refractivity contribution is -0.124. The minimum absolute atomic E-state index is 0.277. The summed E-state index contributed by atoms with van der Waals surface area (Å²) in [7, 11) is 0. The van der Waals surface area contributed by atoms with Gasteiger partial charge in [0.2, 0.25) is 5.91 Å². The maximum absolute atomic E-state index is 10.7. The van der Waals surface area contributed by atoms with Crippen LogP contribution in [0.5, 0.6) is 0 Å². The van der Waals surface area contributed by atoms with E-state index in [4.69, 9.17) is 5.11 Å². The molecular weight excluding hydrogens is 156 g/mol. The number of amides is 1. The second-order valence-electron chi connectivity index (χ2n) is 3.17. The Balaban J connectivity index is 2.09. The summed E-state index contributed by atoms with van der Waals surface area (Å²) in [4.78, 5) is 10.7. The maximum atomic E-state index is 10.7. The van der Waals surface area contributed by atoms with Crippen molar-refractivity contribution in [1.82, 2.24) is 10.6 Å². The Hall–Kier alpha value is -0.610. The Kier molecular flexibility index (Phi) is 4.04. The zero-order chi connectivity index (χ0) is 8.81. The highest BCUT2D eigenvalue weighted by atomic mass is 16.3.